The first-order chi connectivity index (χ1) is 10.1. The molecule has 0 radical (unpaired) electrons. The van der Waals surface area contributed by atoms with Gasteiger partial charge in [0.15, 0.2) is 0 Å². The molecule has 2 atom stereocenters. The number of carbonyl (C=O) groups is 1. The van der Waals surface area contributed by atoms with Crippen LogP contribution in [0, 0.1) is 5.92 Å². The highest BCUT2D eigenvalue weighted by Gasteiger charge is 2.36. The van der Waals surface area contributed by atoms with Gasteiger partial charge in [0.05, 0.1) is 5.92 Å². The summed E-state index contributed by atoms with van der Waals surface area (Å²) in [4.78, 5) is 12.1. The second-order valence-electron chi connectivity index (χ2n) is 5.99. The number of rotatable bonds is 6. The SMILES string of the molecule is C=CCC[C@H]1CC[C@@](C)(C/C=C/c2ccccc2)OC1=O. The number of hydrogen-bond acceptors (Lipinski definition) is 2. The number of cyclic esters (lactones) is 1. The van der Waals surface area contributed by atoms with Gasteiger partial charge in [-0.05, 0) is 38.2 Å². The maximum atomic E-state index is 12.1. The van der Waals surface area contributed by atoms with Gasteiger partial charge in [0.2, 0.25) is 0 Å². The van der Waals surface area contributed by atoms with Crippen LogP contribution in [0.3, 0.4) is 0 Å². The molecule has 1 aliphatic heterocycles. The molecule has 21 heavy (non-hydrogen) atoms. The molecular formula is C19H24O2. The minimum Gasteiger partial charge on any atom is -0.459 e. The average molecular weight is 284 g/mol. The third kappa shape index (κ3) is 4.59. The minimum atomic E-state index is -0.354. The van der Waals surface area contributed by atoms with Gasteiger partial charge in [-0.15, -0.1) is 6.58 Å². The second-order valence-corrected chi connectivity index (χ2v) is 5.99. The summed E-state index contributed by atoms with van der Waals surface area (Å²) in [6.45, 7) is 5.74. The predicted octanol–water partition coefficient (Wildman–Crippen LogP) is 4.77. The Labute approximate surface area is 127 Å². The van der Waals surface area contributed by atoms with Crippen LogP contribution in [0.5, 0.6) is 0 Å². The van der Waals surface area contributed by atoms with Crippen LogP contribution >= 0.6 is 0 Å². The standard InChI is InChI=1S/C19H24O2/c1-3-4-12-17-13-15-19(2,21-18(17)20)14-8-11-16-9-6-5-7-10-16/h3,5-11,17H,1,4,12-15H2,2H3/b11-8+/t17-,19+/m0/s1. The van der Waals surface area contributed by atoms with Crippen LogP contribution in [0.2, 0.25) is 0 Å². The van der Waals surface area contributed by atoms with Crippen molar-refractivity contribution in [2.75, 3.05) is 0 Å². The lowest BCUT2D eigenvalue weighted by atomic mass is 9.85. The zero-order valence-electron chi connectivity index (χ0n) is 12.8. The van der Waals surface area contributed by atoms with E-state index in [1.807, 2.05) is 31.2 Å². The number of allylic oxidation sites excluding steroid dienone is 1. The highest BCUT2D eigenvalue weighted by Crippen LogP contribution is 2.34. The van der Waals surface area contributed by atoms with Crippen molar-refractivity contribution in [3.63, 3.8) is 0 Å². The molecule has 1 fully saturated rings. The highest BCUT2D eigenvalue weighted by molar-refractivity contribution is 5.73. The van der Waals surface area contributed by atoms with Crippen LogP contribution in [-0.2, 0) is 9.53 Å². The Morgan fingerprint density at radius 3 is 2.81 bits per heavy atom. The number of benzene rings is 1. The molecule has 1 aliphatic rings. The molecule has 2 rings (SSSR count). The van der Waals surface area contributed by atoms with Gasteiger partial charge in [-0.25, -0.2) is 0 Å². The normalized spacial score (nSPS) is 25.8. The lowest BCUT2D eigenvalue weighted by molar-refractivity contribution is -0.172. The molecule has 0 amide bonds. The number of esters is 1. The Kier molecular flexibility index (Phi) is 5.38. The summed E-state index contributed by atoms with van der Waals surface area (Å²) in [6.07, 6.45) is 10.4. The molecule has 1 aromatic rings. The van der Waals surface area contributed by atoms with E-state index in [1.165, 1.54) is 5.56 Å². The van der Waals surface area contributed by atoms with Crippen molar-refractivity contribution >= 4 is 12.0 Å². The van der Waals surface area contributed by atoms with Gasteiger partial charge >= 0.3 is 5.97 Å². The first-order valence-corrected chi connectivity index (χ1v) is 7.68. The summed E-state index contributed by atoms with van der Waals surface area (Å²) in [6, 6.07) is 10.2. The van der Waals surface area contributed by atoms with Gasteiger partial charge in [-0.2, -0.15) is 0 Å². The molecule has 0 N–H and O–H groups in total. The summed E-state index contributed by atoms with van der Waals surface area (Å²) in [7, 11) is 0. The van der Waals surface area contributed by atoms with E-state index in [2.05, 4.69) is 30.9 Å². The van der Waals surface area contributed by atoms with Gasteiger partial charge in [0.1, 0.15) is 5.60 Å². The van der Waals surface area contributed by atoms with Gasteiger partial charge < -0.3 is 4.74 Å². The Morgan fingerprint density at radius 2 is 2.14 bits per heavy atom. The molecule has 1 saturated heterocycles. The first kappa shape index (κ1) is 15.6. The topological polar surface area (TPSA) is 26.3 Å². The van der Waals surface area contributed by atoms with E-state index in [9.17, 15) is 4.79 Å². The van der Waals surface area contributed by atoms with E-state index >= 15 is 0 Å². The van der Waals surface area contributed by atoms with E-state index in [1.54, 1.807) is 0 Å². The summed E-state index contributed by atoms with van der Waals surface area (Å²) >= 11 is 0. The van der Waals surface area contributed by atoms with Crippen molar-refractivity contribution < 1.29 is 9.53 Å². The Hall–Kier alpha value is -1.83. The second kappa shape index (κ2) is 7.26. The van der Waals surface area contributed by atoms with Crippen LogP contribution in [0.4, 0.5) is 0 Å². The fourth-order valence-corrected chi connectivity index (χ4v) is 2.71. The molecule has 1 heterocycles. The van der Waals surface area contributed by atoms with E-state index in [-0.39, 0.29) is 17.5 Å². The van der Waals surface area contributed by atoms with Gasteiger partial charge in [-0.3, -0.25) is 4.79 Å². The third-order valence-corrected chi connectivity index (χ3v) is 4.08. The smallest absolute Gasteiger partial charge is 0.309 e. The zero-order valence-corrected chi connectivity index (χ0v) is 12.8. The van der Waals surface area contributed by atoms with E-state index in [0.717, 1.165) is 32.1 Å². The molecule has 0 saturated carbocycles. The van der Waals surface area contributed by atoms with Gasteiger partial charge in [0.25, 0.3) is 0 Å². The zero-order chi connectivity index (χ0) is 15.1. The fraction of sp³-hybridized carbons (Fsp3) is 0.421. The largest absolute Gasteiger partial charge is 0.459 e. The molecule has 0 spiro atoms. The molecule has 0 bridgehead atoms. The molecule has 112 valence electrons. The molecule has 0 aromatic heterocycles. The van der Waals surface area contributed by atoms with Gasteiger partial charge in [-0.1, -0.05) is 48.6 Å². The summed E-state index contributed by atoms with van der Waals surface area (Å²) in [5.74, 6) is 0.00730. The van der Waals surface area contributed by atoms with Crippen molar-refractivity contribution in [1.82, 2.24) is 0 Å². The summed E-state index contributed by atoms with van der Waals surface area (Å²) in [5, 5.41) is 0. The van der Waals surface area contributed by atoms with Crippen LogP contribution in [0.25, 0.3) is 6.08 Å². The number of hydrogen-bond donors (Lipinski definition) is 0. The average Bonchev–Trinajstić information content (AvgIpc) is 2.47. The Morgan fingerprint density at radius 1 is 1.38 bits per heavy atom. The molecule has 1 aromatic carbocycles. The van der Waals surface area contributed by atoms with Crippen molar-refractivity contribution in [2.45, 2.75) is 44.6 Å². The minimum absolute atomic E-state index is 0.0429. The van der Waals surface area contributed by atoms with E-state index in [4.69, 9.17) is 4.74 Å². The fourth-order valence-electron chi connectivity index (χ4n) is 2.71. The number of carbonyl (C=O) groups excluding carboxylic acids is 1. The van der Waals surface area contributed by atoms with Crippen molar-refractivity contribution in [2.24, 2.45) is 5.92 Å². The van der Waals surface area contributed by atoms with Crippen molar-refractivity contribution in [1.29, 1.82) is 0 Å². The lowest BCUT2D eigenvalue weighted by Gasteiger charge is -2.36. The maximum Gasteiger partial charge on any atom is 0.309 e. The summed E-state index contributed by atoms with van der Waals surface area (Å²) < 4.78 is 5.70. The van der Waals surface area contributed by atoms with E-state index in [0.29, 0.717) is 0 Å². The Balaban J connectivity index is 1.88. The first-order valence-electron chi connectivity index (χ1n) is 7.68. The third-order valence-electron chi connectivity index (χ3n) is 4.08. The van der Waals surface area contributed by atoms with Crippen molar-refractivity contribution in [3.8, 4) is 0 Å². The molecule has 2 heteroatoms. The van der Waals surface area contributed by atoms with Crippen molar-refractivity contribution in [3.05, 3.63) is 54.6 Å². The summed E-state index contributed by atoms with van der Waals surface area (Å²) in [5.41, 5.74) is 0.819. The monoisotopic (exact) mass is 284 g/mol. The highest BCUT2D eigenvalue weighted by atomic mass is 16.6. The predicted molar refractivity (Wildman–Crippen MR) is 86.7 cm³/mol. The van der Waals surface area contributed by atoms with Crippen LogP contribution in [0.1, 0.15) is 44.6 Å². The maximum absolute atomic E-state index is 12.1. The molecule has 0 unspecified atom stereocenters. The Bertz CT molecular complexity index is 504. The molecule has 0 aliphatic carbocycles. The molecular weight excluding hydrogens is 260 g/mol. The lowest BCUT2D eigenvalue weighted by Crippen LogP contribution is -2.39. The van der Waals surface area contributed by atoms with Crippen LogP contribution in [0.15, 0.2) is 49.1 Å². The van der Waals surface area contributed by atoms with E-state index < -0.39 is 0 Å². The molecule has 2 nitrogen and oxygen atoms in total. The quantitative estimate of drug-likeness (QED) is 0.555. The number of ether oxygens (including phenoxy) is 1. The van der Waals surface area contributed by atoms with Crippen LogP contribution in [-0.4, -0.2) is 11.6 Å². The van der Waals surface area contributed by atoms with Crippen LogP contribution < -0.4 is 0 Å². The van der Waals surface area contributed by atoms with Gasteiger partial charge in [0, 0.05) is 6.42 Å².